The van der Waals surface area contributed by atoms with Crippen molar-refractivity contribution in [2.45, 2.75) is 25.7 Å². The summed E-state index contributed by atoms with van der Waals surface area (Å²) < 4.78 is 26.0. The molecule has 88 valence electrons. The zero-order chi connectivity index (χ0) is 12.1. The number of benzene rings is 1. The van der Waals surface area contributed by atoms with Gasteiger partial charge in [0.2, 0.25) is 0 Å². The third-order valence-corrected chi connectivity index (χ3v) is 2.67. The van der Waals surface area contributed by atoms with E-state index in [1.165, 1.54) is 6.07 Å². The molecule has 2 nitrogen and oxygen atoms in total. The predicted molar refractivity (Wildman–Crippen MR) is 59.7 cm³/mol. The summed E-state index contributed by atoms with van der Waals surface area (Å²) in [4.78, 5) is 10.3. The molecule has 0 bridgehead atoms. The number of rotatable bonds is 5. The van der Waals surface area contributed by atoms with Gasteiger partial charge in [0.15, 0.2) is 0 Å². The van der Waals surface area contributed by atoms with E-state index in [1.807, 2.05) is 0 Å². The van der Waals surface area contributed by atoms with Crippen LogP contribution in [0.15, 0.2) is 22.7 Å². The van der Waals surface area contributed by atoms with Crippen LogP contribution in [0.3, 0.4) is 0 Å². The second-order valence-corrected chi connectivity index (χ2v) is 4.31. The zero-order valence-corrected chi connectivity index (χ0v) is 10.0. The highest BCUT2D eigenvalue weighted by molar-refractivity contribution is 9.10. The van der Waals surface area contributed by atoms with Crippen molar-refractivity contribution in [2.24, 2.45) is 0 Å². The van der Waals surface area contributed by atoms with Crippen molar-refractivity contribution in [3.8, 4) is 0 Å². The van der Waals surface area contributed by atoms with Crippen LogP contribution in [0.5, 0.6) is 0 Å². The fourth-order valence-corrected chi connectivity index (χ4v) is 1.84. The van der Waals surface area contributed by atoms with E-state index in [4.69, 9.17) is 5.11 Å². The first-order chi connectivity index (χ1) is 7.50. The summed E-state index contributed by atoms with van der Waals surface area (Å²) in [5.41, 5.74) is 0.485. The normalized spacial score (nSPS) is 10.8. The molecule has 1 aromatic rings. The van der Waals surface area contributed by atoms with E-state index in [-0.39, 0.29) is 12.0 Å². The Morgan fingerprint density at radius 1 is 1.44 bits per heavy atom. The van der Waals surface area contributed by atoms with Crippen LogP contribution in [0.25, 0.3) is 0 Å². The highest BCUT2D eigenvalue weighted by atomic mass is 79.9. The SMILES string of the molecule is O=C(O)CCCc1cc(Br)ccc1C(F)F. The summed E-state index contributed by atoms with van der Waals surface area (Å²) in [6.45, 7) is 0. The van der Waals surface area contributed by atoms with Crippen LogP contribution >= 0.6 is 15.9 Å². The van der Waals surface area contributed by atoms with Gasteiger partial charge in [0.25, 0.3) is 6.43 Å². The van der Waals surface area contributed by atoms with E-state index in [0.29, 0.717) is 18.4 Å². The quantitative estimate of drug-likeness (QED) is 0.896. The van der Waals surface area contributed by atoms with E-state index in [2.05, 4.69) is 15.9 Å². The molecule has 5 heteroatoms. The van der Waals surface area contributed by atoms with Crippen LogP contribution in [0.4, 0.5) is 8.78 Å². The molecule has 1 rings (SSSR count). The van der Waals surface area contributed by atoms with E-state index in [0.717, 1.165) is 4.47 Å². The van der Waals surface area contributed by atoms with Gasteiger partial charge in [0, 0.05) is 16.5 Å². The summed E-state index contributed by atoms with van der Waals surface area (Å²) in [6, 6.07) is 4.54. The number of aryl methyl sites for hydroxylation is 1. The second kappa shape index (κ2) is 5.94. The molecule has 0 amide bonds. The third kappa shape index (κ3) is 3.89. The van der Waals surface area contributed by atoms with Gasteiger partial charge in [-0.2, -0.15) is 0 Å². The minimum Gasteiger partial charge on any atom is -0.481 e. The highest BCUT2D eigenvalue weighted by Crippen LogP contribution is 2.26. The lowest BCUT2D eigenvalue weighted by Crippen LogP contribution is -1.99. The molecule has 1 N–H and O–H groups in total. The van der Waals surface area contributed by atoms with Crippen molar-refractivity contribution in [1.29, 1.82) is 0 Å². The van der Waals surface area contributed by atoms with Crippen molar-refractivity contribution in [3.05, 3.63) is 33.8 Å². The van der Waals surface area contributed by atoms with Crippen molar-refractivity contribution >= 4 is 21.9 Å². The standard InChI is InChI=1S/C11H11BrF2O2/c12-8-4-5-9(11(13)14)7(6-8)2-1-3-10(15)16/h4-6,11H,1-3H2,(H,15,16). The van der Waals surface area contributed by atoms with Crippen LogP contribution in [0.1, 0.15) is 30.4 Å². The average Bonchev–Trinajstić information content (AvgIpc) is 2.16. The van der Waals surface area contributed by atoms with Gasteiger partial charge in [-0.05, 0) is 30.5 Å². The first-order valence-corrected chi connectivity index (χ1v) is 5.58. The van der Waals surface area contributed by atoms with Crippen LogP contribution in [-0.4, -0.2) is 11.1 Å². The minimum absolute atomic E-state index is 0.00477. The van der Waals surface area contributed by atoms with Gasteiger partial charge >= 0.3 is 5.97 Å². The predicted octanol–water partition coefficient (Wildman–Crippen LogP) is 3.79. The summed E-state index contributed by atoms with van der Waals surface area (Å²) in [6.07, 6.45) is -1.81. The maximum Gasteiger partial charge on any atom is 0.303 e. The molecule has 0 fully saturated rings. The lowest BCUT2D eigenvalue weighted by molar-refractivity contribution is -0.137. The number of carboxylic acid groups (broad SMARTS) is 1. The Labute approximate surface area is 100 Å². The Balaban J connectivity index is 2.76. The first-order valence-electron chi connectivity index (χ1n) is 4.79. The van der Waals surface area contributed by atoms with Gasteiger partial charge in [0.05, 0.1) is 0 Å². The molecule has 1 aromatic carbocycles. The molecule has 0 aliphatic rings. The minimum atomic E-state index is -2.52. The van der Waals surface area contributed by atoms with Crippen LogP contribution in [0.2, 0.25) is 0 Å². The molecular formula is C11H11BrF2O2. The van der Waals surface area contributed by atoms with Gasteiger partial charge in [-0.1, -0.05) is 22.0 Å². The molecule has 0 atom stereocenters. The number of hydrogen-bond acceptors (Lipinski definition) is 1. The molecule has 0 unspecified atom stereocenters. The summed E-state index contributed by atoms with van der Waals surface area (Å²) in [7, 11) is 0. The monoisotopic (exact) mass is 292 g/mol. The Bertz CT molecular complexity index is 380. The maximum atomic E-state index is 12.6. The summed E-state index contributed by atoms with van der Waals surface area (Å²) in [5, 5.41) is 8.47. The smallest absolute Gasteiger partial charge is 0.303 e. The number of carboxylic acids is 1. The molecule has 16 heavy (non-hydrogen) atoms. The van der Waals surface area contributed by atoms with Gasteiger partial charge in [-0.3, -0.25) is 4.79 Å². The fourth-order valence-electron chi connectivity index (χ4n) is 1.43. The van der Waals surface area contributed by atoms with Crippen molar-refractivity contribution < 1.29 is 18.7 Å². The Morgan fingerprint density at radius 2 is 2.12 bits per heavy atom. The van der Waals surface area contributed by atoms with Crippen LogP contribution in [-0.2, 0) is 11.2 Å². The maximum absolute atomic E-state index is 12.6. The van der Waals surface area contributed by atoms with Crippen molar-refractivity contribution in [3.63, 3.8) is 0 Å². The van der Waals surface area contributed by atoms with Gasteiger partial charge in [-0.15, -0.1) is 0 Å². The first kappa shape index (κ1) is 13.1. The second-order valence-electron chi connectivity index (χ2n) is 3.39. The molecule has 0 heterocycles. The van der Waals surface area contributed by atoms with Crippen LogP contribution in [0, 0.1) is 0 Å². The highest BCUT2D eigenvalue weighted by Gasteiger charge is 2.13. The Hall–Kier alpha value is -0.970. The van der Waals surface area contributed by atoms with Crippen molar-refractivity contribution in [1.82, 2.24) is 0 Å². The third-order valence-electron chi connectivity index (χ3n) is 2.18. The fraction of sp³-hybridized carbons (Fsp3) is 0.364. The summed E-state index contributed by atoms with van der Waals surface area (Å²) in [5.74, 6) is -0.909. The molecular weight excluding hydrogens is 282 g/mol. The molecule has 0 spiro atoms. The number of hydrogen-bond donors (Lipinski definition) is 1. The van der Waals surface area contributed by atoms with E-state index in [1.54, 1.807) is 12.1 Å². The molecule has 0 radical (unpaired) electrons. The van der Waals surface area contributed by atoms with Gasteiger partial charge in [-0.25, -0.2) is 8.78 Å². The van der Waals surface area contributed by atoms with E-state index < -0.39 is 12.4 Å². The molecule has 0 aromatic heterocycles. The van der Waals surface area contributed by atoms with Gasteiger partial charge in [0.1, 0.15) is 0 Å². The number of halogens is 3. The number of aliphatic carboxylic acids is 1. The Kier molecular flexibility index (Phi) is 4.86. The molecule has 0 aliphatic carbocycles. The van der Waals surface area contributed by atoms with E-state index in [9.17, 15) is 13.6 Å². The summed E-state index contributed by atoms with van der Waals surface area (Å²) >= 11 is 3.21. The Morgan fingerprint density at radius 3 is 2.69 bits per heavy atom. The number of carbonyl (C=O) groups is 1. The lowest BCUT2D eigenvalue weighted by Gasteiger charge is -2.08. The average molecular weight is 293 g/mol. The molecule has 0 saturated carbocycles. The largest absolute Gasteiger partial charge is 0.481 e. The van der Waals surface area contributed by atoms with Crippen molar-refractivity contribution in [2.75, 3.05) is 0 Å². The van der Waals surface area contributed by atoms with Gasteiger partial charge < -0.3 is 5.11 Å². The molecule has 0 saturated heterocycles. The lowest BCUT2D eigenvalue weighted by atomic mass is 10.0. The van der Waals surface area contributed by atoms with E-state index >= 15 is 0 Å². The topological polar surface area (TPSA) is 37.3 Å². The molecule has 0 aliphatic heterocycles. The zero-order valence-electron chi connectivity index (χ0n) is 8.42. The van der Waals surface area contributed by atoms with Crippen LogP contribution < -0.4 is 0 Å². The number of alkyl halides is 2.